The summed E-state index contributed by atoms with van der Waals surface area (Å²) in [7, 11) is 0. The topological polar surface area (TPSA) is 68.0 Å². The highest BCUT2D eigenvalue weighted by Crippen LogP contribution is 2.43. The number of nitrogens with one attached hydrogen (secondary N) is 1. The lowest BCUT2D eigenvalue weighted by atomic mass is 9.99. The molecule has 1 aliphatic rings. The van der Waals surface area contributed by atoms with E-state index >= 15 is 0 Å². The number of amidine groups is 2. The average Bonchev–Trinajstić information content (AvgIpc) is 3.87. The first kappa shape index (κ1) is 28.0. The van der Waals surface area contributed by atoms with Gasteiger partial charge >= 0.3 is 0 Å². The van der Waals surface area contributed by atoms with Gasteiger partial charge in [-0.1, -0.05) is 109 Å². The highest BCUT2D eigenvalue weighted by molar-refractivity contribution is 6.27. The van der Waals surface area contributed by atoms with Crippen LogP contribution >= 0.6 is 0 Å². The molecule has 10 aromatic rings. The highest BCUT2D eigenvalue weighted by atomic mass is 16.3. The van der Waals surface area contributed by atoms with Crippen LogP contribution in [0.2, 0.25) is 0 Å². The molecule has 3 aromatic heterocycles. The third-order valence-electron chi connectivity index (χ3n) is 10.1. The first-order chi connectivity index (χ1) is 25.3. The molecule has 11 rings (SSSR count). The van der Waals surface area contributed by atoms with Crippen molar-refractivity contribution in [3.63, 3.8) is 0 Å². The first-order valence-corrected chi connectivity index (χ1v) is 17.1. The number of rotatable bonds is 4. The molecule has 7 aromatic carbocycles. The lowest BCUT2D eigenvalue weighted by Gasteiger charge is -2.24. The van der Waals surface area contributed by atoms with Crippen molar-refractivity contribution in [2.24, 2.45) is 9.98 Å². The van der Waals surface area contributed by atoms with Gasteiger partial charge in [0.15, 0.2) is 5.84 Å². The second kappa shape index (κ2) is 10.8. The minimum Gasteiger partial charge on any atom is -0.456 e. The number of aliphatic imine (C=N–C) groups is 2. The molecule has 0 saturated heterocycles. The van der Waals surface area contributed by atoms with Crippen molar-refractivity contribution in [3.8, 4) is 5.69 Å². The van der Waals surface area contributed by atoms with Crippen LogP contribution in [0.15, 0.2) is 177 Å². The van der Waals surface area contributed by atoms with Crippen LogP contribution in [0, 0.1) is 0 Å². The van der Waals surface area contributed by atoms with Gasteiger partial charge in [0.25, 0.3) is 0 Å². The van der Waals surface area contributed by atoms with E-state index in [0.717, 1.165) is 72.1 Å². The summed E-state index contributed by atoms with van der Waals surface area (Å²) in [4.78, 5) is 10.2. The summed E-state index contributed by atoms with van der Waals surface area (Å²) in [5, 5.41) is 10.2. The fourth-order valence-corrected chi connectivity index (χ4v) is 7.83. The van der Waals surface area contributed by atoms with Crippen molar-refractivity contribution in [3.05, 3.63) is 174 Å². The molecule has 240 valence electrons. The van der Waals surface area contributed by atoms with Gasteiger partial charge < -0.3 is 18.7 Å². The van der Waals surface area contributed by atoms with Crippen LogP contribution in [-0.2, 0) is 0 Å². The van der Waals surface area contributed by atoms with Gasteiger partial charge in [-0.05, 0) is 48.5 Å². The molecule has 6 nitrogen and oxygen atoms in total. The summed E-state index contributed by atoms with van der Waals surface area (Å²) in [6.45, 7) is 0. The number of hydrogen-bond acceptors (Lipinski definition) is 5. The molecule has 1 N–H and O–H groups in total. The van der Waals surface area contributed by atoms with Crippen molar-refractivity contribution in [1.82, 2.24) is 9.88 Å². The molecule has 0 radical (unpaired) electrons. The Morgan fingerprint density at radius 3 is 1.84 bits per heavy atom. The molecule has 0 saturated carbocycles. The van der Waals surface area contributed by atoms with Gasteiger partial charge in [0, 0.05) is 54.7 Å². The third-order valence-corrected chi connectivity index (χ3v) is 10.1. The molecule has 0 bridgehead atoms. The average molecular weight is 657 g/mol. The number of aromatic nitrogens is 1. The predicted octanol–water partition coefficient (Wildman–Crippen LogP) is 11.1. The van der Waals surface area contributed by atoms with Crippen LogP contribution in [-0.4, -0.2) is 16.2 Å². The molecule has 1 atom stereocenters. The standard InChI is InChI=1S/C45H28N4O2/c1-3-12-27(13-4-1)43-46-44(28-14-5-2-6-15-28)48-45(47-43)32-18-11-21-37-40(32)42-39(51-37)25-24-38-41(42)33-26-29(22-23-36(33)50-38)49-34-19-9-7-16-30(34)31-17-8-10-20-35(31)49/h1-26,45H,(H,46,47,48). The van der Waals surface area contributed by atoms with Crippen LogP contribution < -0.4 is 5.32 Å². The molecule has 0 aliphatic carbocycles. The molecule has 1 unspecified atom stereocenters. The Morgan fingerprint density at radius 2 is 1.10 bits per heavy atom. The van der Waals surface area contributed by atoms with Crippen molar-refractivity contribution < 1.29 is 8.83 Å². The maximum Gasteiger partial charge on any atom is 0.159 e. The van der Waals surface area contributed by atoms with Crippen molar-refractivity contribution >= 4 is 77.4 Å². The molecule has 6 heteroatoms. The second-order valence-electron chi connectivity index (χ2n) is 13.0. The van der Waals surface area contributed by atoms with Gasteiger partial charge in [-0.3, -0.25) is 0 Å². The normalized spacial score (nSPS) is 14.9. The quantitative estimate of drug-likeness (QED) is 0.205. The van der Waals surface area contributed by atoms with Crippen LogP contribution in [0.4, 0.5) is 0 Å². The molecular formula is C45H28N4O2. The van der Waals surface area contributed by atoms with Crippen molar-refractivity contribution in [2.45, 2.75) is 6.17 Å². The molecule has 51 heavy (non-hydrogen) atoms. The zero-order valence-corrected chi connectivity index (χ0v) is 27.2. The minimum atomic E-state index is -0.418. The lowest BCUT2D eigenvalue weighted by molar-refractivity contribution is 0.659. The third kappa shape index (κ3) is 4.23. The lowest BCUT2D eigenvalue weighted by Crippen LogP contribution is -2.33. The van der Waals surface area contributed by atoms with E-state index < -0.39 is 6.17 Å². The number of nitrogens with zero attached hydrogens (tertiary/aromatic N) is 3. The highest BCUT2D eigenvalue weighted by Gasteiger charge is 2.26. The number of para-hydroxylation sites is 2. The van der Waals surface area contributed by atoms with Crippen molar-refractivity contribution in [2.75, 3.05) is 0 Å². The van der Waals surface area contributed by atoms with E-state index in [1.807, 2.05) is 60.7 Å². The summed E-state index contributed by atoms with van der Waals surface area (Å²) in [5.74, 6) is 1.45. The number of hydrogen-bond donors (Lipinski definition) is 1. The molecule has 0 amide bonds. The summed E-state index contributed by atoms with van der Waals surface area (Å²) >= 11 is 0. The van der Waals surface area contributed by atoms with Gasteiger partial charge in [-0.2, -0.15) is 0 Å². The summed E-state index contributed by atoms with van der Waals surface area (Å²) in [5.41, 5.74) is 9.60. The maximum atomic E-state index is 6.60. The fourth-order valence-electron chi connectivity index (χ4n) is 7.83. The Morgan fingerprint density at radius 1 is 0.490 bits per heavy atom. The monoisotopic (exact) mass is 656 g/mol. The van der Waals surface area contributed by atoms with Gasteiger partial charge in [-0.25, -0.2) is 9.98 Å². The summed E-state index contributed by atoms with van der Waals surface area (Å²) in [6, 6.07) is 54.3. The maximum absolute atomic E-state index is 6.60. The largest absolute Gasteiger partial charge is 0.456 e. The van der Waals surface area contributed by atoms with E-state index in [-0.39, 0.29) is 0 Å². The van der Waals surface area contributed by atoms with Crippen LogP contribution in [0.3, 0.4) is 0 Å². The Kier molecular flexibility index (Phi) is 5.92. The van der Waals surface area contributed by atoms with Gasteiger partial charge in [0.2, 0.25) is 0 Å². The van der Waals surface area contributed by atoms with E-state index in [4.69, 9.17) is 18.8 Å². The SMILES string of the molecule is c1ccc(C2=NC(c3cccc4oc5ccc6oc7ccc(-n8c9ccccc9c9ccccc98)cc7c6c5c34)NC(c3ccccc3)=N2)cc1. The van der Waals surface area contributed by atoms with E-state index in [1.165, 1.54) is 21.8 Å². The minimum absolute atomic E-state index is 0.418. The predicted molar refractivity (Wildman–Crippen MR) is 207 cm³/mol. The zero-order valence-electron chi connectivity index (χ0n) is 27.2. The van der Waals surface area contributed by atoms with Crippen molar-refractivity contribution in [1.29, 1.82) is 0 Å². The Bertz CT molecular complexity index is 3000. The van der Waals surface area contributed by atoms with Gasteiger partial charge in [-0.15, -0.1) is 0 Å². The Balaban J connectivity index is 1.16. The van der Waals surface area contributed by atoms with E-state index in [1.54, 1.807) is 0 Å². The second-order valence-corrected chi connectivity index (χ2v) is 13.0. The van der Waals surface area contributed by atoms with E-state index in [0.29, 0.717) is 5.84 Å². The summed E-state index contributed by atoms with van der Waals surface area (Å²) < 4.78 is 15.5. The Labute approximate surface area is 291 Å². The molecule has 1 aliphatic heterocycles. The van der Waals surface area contributed by atoms with Gasteiger partial charge in [0.05, 0.1) is 11.0 Å². The van der Waals surface area contributed by atoms with Crippen LogP contribution in [0.5, 0.6) is 0 Å². The molecule has 0 spiro atoms. The van der Waals surface area contributed by atoms with E-state index in [9.17, 15) is 0 Å². The molecular weight excluding hydrogens is 629 g/mol. The Hall–Kier alpha value is -6.92. The number of fused-ring (bicyclic) bond motifs is 10. The smallest absolute Gasteiger partial charge is 0.159 e. The first-order valence-electron chi connectivity index (χ1n) is 17.1. The molecule has 0 fully saturated rings. The summed E-state index contributed by atoms with van der Waals surface area (Å²) in [6.07, 6.45) is -0.418. The molecule has 4 heterocycles. The fraction of sp³-hybridized carbons (Fsp3) is 0.0222. The van der Waals surface area contributed by atoms with Crippen LogP contribution in [0.25, 0.3) is 71.4 Å². The van der Waals surface area contributed by atoms with E-state index in [2.05, 4.69) is 107 Å². The van der Waals surface area contributed by atoms with Crippen LogP contribution in [0.1, 0.15) is 22.9 Å². The number of furan rings is 2. The van der Waals surface area contributed by atoms with Gasteiger partial charge in [0.1, 0.15) is 34.3 Å². The number of benzene rings is 7. The zero-order chi connectivity index (χ0) is 33.5.